The number of carbonyl (C=O) groups is 1. The van der Waals surface area contributed by atoms with Gasteiger partial charge in [-0.3, -0.25) is 4.79 Å². The Morgan fingerprint density at radius 3 is 2.62 bits per heavy atom. The van der Waals surface area contributed by atoms with E-state index >= 15 is 0 Å². The van der Waals surface area contributed by atoms with Crippen LogP contribution in [-0.4, -0.2) is 17.4 Å². The molecular formula is C19H21NO. The van der Waals surface area contributed by atoms with Crippen molar-refractivity contribution in [3.8, 4) is 0 Å². The van der Waals surface area contributed by atoms with Gasteiger partial charge in [-0.25, -0.2) is 0 Å². The summed E-state index contributed by atoms with van der Waals surface area (Å²) in [4.78, 5) is 14.5. The van der Waals surface area contributed by atoms with Crippen molar-refractivity contribution in [1.29, 1.82) is 0 Å². The van der Waals surface area contributed by atoms with Gasteiger partial charge in [-0.15, -0.1) is 0 Å². The Kier molecular flexibility index (Phi) is 3.78. The van der Waals surface area contributed by atoms with Crippen LogP contribution in [-0.2, 0) is 24.2 Å². The second-order valence-corrected chi connectivity index (χ2v) is 5.94. The highest BCUT2D eigenvalue weighted by atomic mass is 16.2. The molecule has 0 spiro atoms. The quantitative estimate of drug-likeness (QED) is 0.824. The van der Waals surface area contributed by atoms with Gasteiger partial charge in [0.1, 0.15) is 0 Å². The zero-order valence-corrected chi connectivity index (χ0v) is 12.7. The smallest absolute Gasteiger partial charge is 0.227 e. The van der Waals surface area contributed by atoms with E-state index in [1.54, 1.807) is 0 Å². The Hall–Kier alpha value is -2.09. The Morgan fingerprint density at radius 1 is 1.10 bits per heavy atom. The van der Waals surface area contributed by atoms with Crippen molar-refractivity contribution in [3.05, 3.63) is 70.3 Å². The van der Waals surface area contributed by atoms with Crippen LogP contribution in [0.1, 0.15) is 27.8 Å². The summed E-state index contributed by atoms with van der Waals surface area (Å²) in [5.74, 6) is 0.228. The summed E-state index contributed by atoms with van der Waals surface area (Å²) in [6.07, 6.45) is 1.48. The van der Waals surface area contributed by atoms with Crippen LogP contribution in [0.15, 0.2) is 42.5 Å². The van der Waals surface area contributed by atoms with Crippen molar-refractivity contribution in [2.24, 2.45) is 0 Å². The van der Waals surface area contributed by atoms with E-state index in [9.17, 15) is 4.79 Å². The van der Waals surface area contributed by atoms with Crippen LogP contribution in [0.25, 0.3) is 0 Å². The summed E-state index contributed by atoms with van der Waals surface area (Å²) in [5, 5.41) is 0. The molecule has 0 fully saturated rings. The first kappa shape index (κ1) is 13.9. The highest BCUT2D eigenvalue weighted by Gasteiger charge is 2.21. The number of nitrogens with zero attached hydrogens (tertiary/aromatic N) is 1. The fraction of sp³-hybridized carbons (Fsp3) is 0.316. The number of rotatable bonds is 2. The molecule has 0 radical (unpaired) electrons. The number of hydrogen-bond acceptors (Lipinski definition) is 1. The minimum Gasteiger partial charge on any atom is -0.338 e. The van der Waals surface area contributed by atoms with E-state index in [4.69, 9.17) is 0 Å². The van der Waals surface area contributed by atoms with Gasteiger partial charge in [0.15, 0.2) is 0 Å². The Labute approximate surface area is 126 Å². The topological polar surface area (TPSA) is 20.3 Å². The molecule has 1 amide bonds. The molecule has 0 atom stereocenters. The number of carbonyl (C=O) groups excluding carboxylic acids is 1. The van der Waals surface area contributed by atoms with Crippen molar-refractivity contribution in [2.45, 2.75) is 33.2 Å². The normalized spacial score (nSPS) is 13.9. The van der Waals surface area contributed by atoms with Crippen LogP contribution >= 0.6 is 0 Å². The van der Waals surface area contributed by atoms with Crippen molar-refractivity contribution in [2.75, 3.05) is 6.54 Å². The minimum absolute atomic E-state index is 0.228. The van der Waals surface area contributed by atoms with Crippen LogP contribution in [0.2, 0.25) is 0 Å². The third-order valence-electron chi connectivity index (χ3n) is 4.33. The molecule has 2 heteroatoms. The lowest BCUT2D eigenvalue weighted by Gasteiger charge is -2.30. The van der Waals surface area contributed by atoms with Gasteiger partial charge in [-0.2, -0.15) is 0 Å². The van der Waals surface area contributed by atoms with E-state index in [1.807, 2.05) is 4.90 Å². The van der Waals surface area contributed by atoms with Crippen LogP contribution in [0.5, 0.6) is 0 Å². The first-order valence-corrected chi connectivity index (χ1v) is 7.54. The number of amides is 1. The minimum atomic E-state index is 0.228. The summed E-state index contributed by atoms with van der Waals surface area (Å²) < 4.78 is 0. The van der Waals surface area contributed by atoms with Crippen LogP contribution in [0.4, 0.5) is 0 Å². The molecular weight excluding hydrogens is 258 g/mol. The zero-order valence-electron chi connectivity index (χ0n) is 12.7. The predicted octanol–water partition coefficient (Wildman–Crippen LogP) is 3.43. The number of aryl methyl sites for hydroxylation is 2. The molecule has 0 aromatic heterocycles. The highest BCUT2D eigenvalue weighted by molar-refractivity contribution is 5.79. The molecule has 2 aromatic carbocycles. The van der Waals surface area contributed by atoms with Gasteiger partial charge >= 0.3 is 0 Å². The molecule has 21 heavy (non-hydrogen) atoms. The molecule has 0 N–H and O–H groups in total. The molecule has 0 aliphatic carbocycles. The molecule has 1 heterocycles. The third kappa shape index (κ3) is 2.99. The summed E-state index contributed by atoms with van der Waals surface area (Å²) >= 11 is 0. The van der Waals surface area contributed by atoms with E-state index in [-0.39, 0.29) is 5.91 Å². The van der Waals surface area contributed by atoms with Crippen LogP contribution in [0, 0.1) is 13.8 Å². The SMILES string of the molecule is Cc1ccc(CC(=O)N2CCc3c(C)cccc3C2)cc1. The second kappa shape index (κ2) is 5.72. The summed E-state index contributed by atoms with van der Waals surface area (Å²) in [5.41, 5.74) is 6.41. The van der Waals surface area contributed by atoms with Crippen molar-refractivity contribution in [1.82, 2.24) is 4.90 Å². The number of benzene rings is 2. The molecule has 1 aliphatic rings. The van der Waals surface area contributed by atoms with Gasteiger partial charge in [0, 0.05) is 13.1 Å². The highest BCUT2D eigenvalue weighted by Crippen LogP contribution is 2.22. The molecule has 2 aromatic rings. The lowest BCUT2D eigenvalue weighted by molar-refractivity contribution is -0.131. The predicted molar refractivity (Wildman–Crippen MR) is 85.2 cm³/mol. The lowest BCUT2D eigenvalue weighted by Crippen LogP contribution is -2.37. The second-order valence-electron chi connectivity index (χ2n) is 5.94. The third-order valence-corrected chi connectivity index (χ3v) is 4.33. The summed E-state index contributed by atoms with van der Waals surface area (Å²) in [6, 6.07) is 14.6. The molecule has 0 saturated carbocycles. The Bertz CT molecular complexity index is 658. The zero-order chi connectivity index (χ0) is 14.8. The van der Waals surface area contributed by atoms with E-state index in [0.29, 0.717) is 6.42 Å². The van der Waals surface area contributed by atoms with Gasteiger partial charge in [0.25, 0.3) is 0 Å². The molecule has 0 bridgehead atoms. The fourth-order valence-corrected chi connectivity index (χ4v) is 3.01. The van der Waals surface area contributed by atoms with Gasteiger partial charge in [0.2, 0.25) is 5.91 Å². The molecule has 1 aliphatic heterocycles. The maximum atomic E-state index is 12.5. The maximum Gasteiger partial charge on any atom is 0.227 e. The van der Waals surface area contributed by atoms with Crippen molar-refractivity contribution >= 4 is 5.91 Å². The lowest BCUT2D eigenvalue weighted by atomic mass is 9.95. The summed E-state index contributed by atoms with van der Waals surface area (Å²) in [6.45, 7) is 5.81. The average Bonchev–Trinajstić information content (AvgIpc) is 2.49. The Balaban J connectivity index is 1.71. The molecule has 0 saturated heterocycles. The summed E-state index contributed by atoms with van der Waals surface area (Å²) in [7, 11) is 0. The van der Waals surface area contributed by atoms with Gasteiger partial charge < -0.3 is 4.90 Å². The maximum absolute atomic E-state index is 12.5. The molecule has 108 valence electrons. The first-order valence-electron chi connectivity index (χ1n) is 7.54. The average molecular weight is 279 g/mol. The van der Waals surface area contributed by atoms with Crippen molar-refractivity contribution in [3.63, 3.8) is 0 Å². The van der Waals surface area contributed by atoms with Crippen molar-refractivity contribution < 1.29 is 4.79 Å². The monoisotopic (exact) mass is 279 g/mol. The van der Waals surface area contributed by atoms with Gasteiger partial charge in [-0.1, -0.05) is 48.0 Å². The molecule has 3 rings (SSSR count). The van der Waals surface area contributed by atoms with Crippen LogP contribution < -0.4 is 0 Å². The van der Waals surface area contributed by atoms with Crippen LogP contribution in [0.3, 0.4) is 0 Å². The van der Waals surface area contributed by atoms with Gasteiger partial charge in [-0.05, 0) is 42.5 Å². The Morgan fingerprint density at radius 2 is 1.86 bits per heavy atom. The van der Waals surface area contributed by atoms with E-state index in [1.165, 1.54) is 22.3 Å². The molecule has 0 unspecified atom stereocenters. The van der Waals surface area contributed by atoms with E-state index in [2.05, 4.69) is 56.3 Å². The largest absolute Gasteiger partial charge is 0.338 e. The number of hydrogen-bond donors (Lipinski definition) is 0. The fourth-order valence-electron chi connectivity index (χ4n) is 3.01. The number of fused-ring (bicyclic) bond motifs is 1. The van der Waals surface area contributed by atoms with E-state index in [0.717, 1.165) is 25.1 Å². The van der Waals surface area contributed by atoms with E-state index < -0.39 is 0 Å². The molecule has 2 nitrogen and oxygen atoms in total. The standard InChI is InChI=1S/C19H21NO/c1-14-6-8-16(9-7-14)12-19(21)20-11-10-18-15(2)4-3-5-17(18)13-20/h3-9H,10-13H2,1-2H3. The first-order chi connectivity index (χ1) is 10.1. The van der Waals surface area contributed by atoms with Gasteiger partial charge in [0.05, 0.1) is 6.42 Å².